The summed E-state index contributed by atoms with van der Waals surface area (Å²) in [5.41, 5.74) is -0.905. The van der Waals surface area contributed by atoms with E-state index in [0.717, 1.165) is 6.42 Å². The molecule has 3 aliphatic rings. The van der Waals surface area contributed by atoms with Crippen LogP contribution in [-0.4, -0.2) is 77.7 Å². The number of fused-ring (bicyclic) bond motifs is 1. The first-order valence-electron chi connectivity index (χ1n) is 9.02. The van der Waals surface area contributed by atoms with Gasteiger partial charge in [-0.1, -0.05) is 0 Å². The van der Waals surface area contributed by atoms with Gasteiger partial charge in [-0.05, 0) is 33.1 Å². The maximum Gasteiger partial charge on any atom is 0.318 e. The molecule has 3 saturated heterocycles. The Labute approximate surface area is 147 Å². The number of hydrogen-bond acceptors (Lipinski definition) is 4. The number of nitrogens with zero attached hydrogens (tertiary/aromatic N) is 2. The van der Waals surface area contributed by atoms with Gasteiger partial charge in [0, 0.05) is 38.2 Å². The Bertz CT molecular complexity index is 566. The summed E-state index contributed by atoms with van der Waals surface area (Å²) in [6.07, 6.45) is 1.84. The van der Waals surface area contributed by atoms with Crippen molar-refractivity contribution in [3.63, 3.8) is 0 Å². The minimum Gasteiger partial charge on any atom is -0.481 e. The van der Waals surface area contributed by atoms with Crippen LogP contribution in [0.1, 0.15) is 33.1 Å². The minimum absolute atomic E-state index is 0.00550. The van der Waals surface area contributed by atoms with Crippen LogP contribution in [-0.2, 0) is 14.3 Å². The summed E-state index contributed by atoms with van der Waals surface area (Å²) >= 11 is 0. The van der Waals surface area contributed by atoms with Crippen molar-refractivity contribution < 1.29 is 24.2 Å². The average molecular weight is 353 g/mol. The summed E-state index contributed by atoms with van der Waals surface area (Å²) in [5.74, 6) is -1.16. The molecule has 3 aliphatic heterocycles. The molecule has 0 aromatic rings. The van der Waals surface area contributed by atoms with Gasteiger partial charge in [-0.25, -0.2) is 4.79 Å². The third kappa shape index (κ3) is 3.19. The van der Waals surface area contributed by atoms with Crippen molar-refractivity contribution in [2.75, 3.05) is 32.8 Å². The van der Waals surface area contributed by atoms with E-state index in [1.54, 1.807) is 9.80 Å². The van der Waals surface area contributed by atoms with E-state index in [-0.39, 0.29) is 30.4 Å². The zero-order valence-electron chi connectivity index (χ0n) is 14.9. The van der Waals surface area contributed by atoms with E-state index in [2.05, 4.69) is 5.32 Å². The summed E-state index contributed by atoms with van der Waals surface area (Å²) in [4.78, 5) is 40.5. The van der Waals surface area contributed by atoms with Crippen molar-refractivity contribution in [1.29, 1.82) is 0 Å². The molecule has 3 heterocycles. The van der Waals surface area contributed by atoms with Gasteiger partial charge in [-0.2, -0.15) is 0 Å². The number of urea groups is 1. The van der Waals surface area contributed by atoms with Gasteiger partial charge in [0.15, 0.2) is 0 Å². The second kappa shape index (κ2) is 6.82. The quantitative estimate of drug-likeness (QED) is 0.771. The molecule has 0 aromatic heterocycles. The molecular formula is C17H27N3O5. The first kappa shape index (κ1) is 18.0. The predicted molar refractivity (Wildman–Crippen MR) is 89.0 cm³/mol. The number of carbonyl (C=O) groups excluding carboxylic acids is 2. The highest BCUT2D eigenvalue weighted by Crippen LogP contribution is 2.43. The first-order valence-corrected chi connectivity index (χ1v) is 9.02. The van der Waals surface area contributed by atoms with E-state index in [0.29, 0.717) is 39.1 Å². The largest absolute Gasteiger partial charge is 0.481 e. The summed E-state index contributed by atoms with van der Waals surface area (Å²) in [6.45, 7) is 5.71. The second-order valence-corrected chi connectivity index (χ2v) is 7.66. The standard InChI is InChI=1S/C17H27N3O5/c1-11(2)18-16(24)20-6-3-4-13(20)14(21)19-8-12-9-25-7-5-17(12,10-19)15(22)23/h11-13H,3-10H2,1-2H3,(H,18,24)(H,22,23)/t12-,13-,17+/m0/s1. The van der Waals surface area contributed by atoms with Crippen LogP contribution in [0.3, 0.4) is 0 Å². The Balaban J connectivity index is 1.72. The fourth-order valence-corrected chi connectivity index (χ4v) is 4.27. The number of hydrogen-bond donors (Lipinski definition) is 2. The summed E-state index contributed by atoms with van der Waals surface area (Å²) in [5, 5.41) is 12.6. The Morgan fingerprint density at radius 3 is 2.72 bits per heavy atom. The first-order chi connectivity index (χ1) is 11.8. The molecule has 8 heteroatoms. The molecule has 3 atom stereocenters. The van der Waals surface area contributed by atoms with Gasteiger partial charge < -0.3 is 25.0 Å². The summed E-state index contributed by atoms with van der Waals surface area (Å²) in [7, 11) is 0. The molecule has 3 rings (SSSR count). The number of ether oxygens (including phenoxy) is 1. The van der Waals surface area contributed by atoms with Crippen LogP contribution in [0.25, 0.3) is 0 Å². The Morgan fingerprint density at radius 1 is 1.32 bits per heavy atom. The number of nitrogens with one attached hydrogen (secondary N) is 1. The number of likely N-dealkylation sites (tertiary alicyclic amines) is 2. The lowest BCUT2D eigenvalue weighted by molar-refractivity contribution is -0.157. The van der Waals surface area contributed by atoms with Gasteiger partial charge in [-0.3, -0.25) is 9.59 Å². The van der Waals surface area contributed by atoms with Gasteiger partial charge in [-0.15, -0.1) is 0 Å². The van der Waals surface area contributed by atoms with Crippen LogP contribution in [0.5, 0.6) is 0 Å². The fourth-order valence-electron chi connectivity index (χ4n) is 4.27. The van der Waals surface area contributed by atoms with Crippen LogP contribution in [0.4, 0.5) is 4.79 Å². The summed E-state index contributed by atoms with van der Waals surface area (Å²) < 4.78 is 5.44. The maximum absolute atomic E-state index is 13.0. The van der Waals surface area contributed by atoms with E-state index in [4.69, 9.17) is 4.74 Å². The molecule has 25 heavy (non-hydrogen) atoms. The smallest absolute Gasteiger partial charge is 0.318 e. The molecule has 0 spiro atoms. The number of aliphatic carboxylic acids is 1. The monoisotopic (exact) mass is 353 g/mol. The molecule has 0 aromatic carbocycles. The van der Waals surface area contributed by atoms with Crippen LogP contribution >= 0.6 is 0 Å². The van der Waals surface area contributed by atoms with Gasteiger partial charge in [0.2, 0.25) is 5.91 Å². The van der Waals surface area contributed by atoms with E-state index >= 15 is 0 Å². The molecule has 0 saturated carbocycles. The zero-order valence-corrected chi connectivity index (χ0v) is 14.9. The average Bonchev–Trinajstić information content (AvgIpc) is 3.18. The number of carboxylic acid groups (broad SMARTS) is 1. The van der Waals surface area contributed by atoms with Crippen molar-refractivity contribution in [1.82, 2.24) is 15.1 Å². The van der Waals surface area contributed by atoms with Crippen LogP contribution in [0, 0.1) is 11.3 Å². The Morgan fingerprint density at radius 2 is 2.08 bits per heavy atom. The van der Waals surface area contributed by atoms with Crippen LogP contribution < -0.4 is 5.32 Å². The lowest BCUT2D eigenvalue weighted by Gasteiger charge is -2.34. The van der Waals surface area contributed by atoms with Crippen molar-refractivity contribution in [3.05, 3.63) is 0 Å². The van der Waals surface area contributed by atoms with Gasteiger partial charge in [0.1, 0.15) is 6.04 Å². The van der Waals surface area contributed by atoms with Gasteiger partial charge in [0.25, 0.3) is 0 Å². The van der Waals surface area contributed by atoms with Crippen molar-refractivity contribution >= 4 is 17.9 Å². The van der Waals surface area contributed by atoms with E-state index < -0.39 is 17.4 Å². The molecule has 0 bridgehead atoms. The normalized spacial score (nSPS) is 32.0. The fraction of sp³-hybridized carbons (Fsp3) is 0.824. The van der Waals surface area contributed by atoms with E-state index in [9.17, 15) is 19.5 Å². The molecule has 0 radical (unpaired) electrons. The van der Waals surface area contributed by atoms with Crippen molar-refractivity contribution in [3.8, 4) is 0 Å². The van der Waals surface area contributed by atoms with E-state index in [1.165, 1.54) is 0 Å². The third-order valence-corrected chi connectivity index (χ3v) is 5.66. The lowest BCUT2D eigenvalue weighted by Crippen LogP contribution is -2.52. The molecule has 0 aliphatic carbocycles. The number of amides is 3. The maximum atomic E-state index is 13.0. The number of rotatable bonds is 3. The van der Waals surface area contributed by atoms with Gasteiger partial charge in [0.05, 0.1) is 12.0 Å². The third-order valence-electron chi connectivity index (χ3n) is 5.66. The molecule has 2 N–H and O–H groups in total. The minimum atomic E-state index is -0.905. The topological polar surface area (TPSA) is 99.2 Å². The van der Waals surface area contributed by atoms with Gasteiger partial charge >= 0.3 is 12.0 Å². The second-order valence-electron chi connectivity index (χ2n) is 7.66. The Hall–Kier alpha value is -1.83. The number of carbonyl (C=O) groups is 3. The van der Waals surface area contributed by atoms with E-state index in [1.807, 2.05) is 13.8 Å². The SMILES string of the molecule is CC(C)NC(=O)N1CCC[C@H]1C(=O)N1C[C@H]2COCC[C@@]2(C(=O)O)C1. The van der Waals surface area contributed by atoms with Crippen molar-refractivity contribution in [2.45, 2.75) is 45.2 Å². The molecule has 3 fully saturated rings. The predicted octanol–water partition coefficient (Wildman–Crippen LogP) is 0.519. The summed E-state index contributed by atoms with van der Waals surface area (Å²) in [6, 6.07) is -0.713. The molecular weight excluding hydrogens is 326 g/mol. The highest BCUT2D eigenvalue weighted by Gasteiger charge is 2.55. The van der Waals surface area contributed by atoms with Crippen molar-refractivity contribution in [2.24, 2.45) is 11.3 Å². The van der Waals surface area contributed by atoms with Crippen LogP contribution in [0.15, 0.2) is 0 Å². The molecule has 140 valence electrons. The van der Waals surface area contributed by atoms with Crippen LogP contribution in [0.2, 0.25) is 0 Å². The highest BCUT2D eigenvalue weighted by molar-refractivity contribution is 5.89. The highest BCUT2D eigenvalue weighted by atomic mass is 16.5. The number of carboxylic acids is 1. The molecule has 0 unspecified atom stereocenters. The lowest BCUT2D eigenvalue weighted by atomic mass is 9.74. The molecule has 3 amide bonds. The molecule has 8 nitrogen and oxygen atoms in total. The zero-order chi connectivity index (χ0) is 18.2. The Kier molecular flexibility index (Phi) is 4.90.